The van der Waals surface area contributed by atoms with Crippen LogP contribution in [-0.4, -0.2) is 304 Å². The Kier molecular flexibility index (Phi) is 64.2. The van der Waals surface area contributed by atoms with E-state index in [9.17, 15) is 96.5 Å². The van der Waals surface area contributed by atoms with Crippen LogP contribution in [0.5, 0.6) is 0 Å². The third-order valence-electron chi connectivity index (χ3n) is 24.2. The molecule has 1 aliphatic heterocycles. The largest absolute Gasteiger partial charge is 0.480 e. The molecular formula is C99H175N23O23. The molecule has 46 heteroatoms. The van der Waals surface area contributed by atoms with E-state index >= 15 is 0 Å². The maximum atomic E-state index is 14.8. The minimum absolute atomic E-state index is 0.0150. The Balaban J connectivity index is 2.51. The first kappa shape index (κ1) is 130. The first-order chi connectivity index (χ1) is 68.7. The highest BCUT2D eigenvalue weighted by Crippen LogP contribution is 2.23. The predicted octanol–water partition coefficient (Wildman–Crippen LogP) is -2.23. The van der Waals surface area contributed by atoms with Crippen LogP contribution in [-0.2, 0) is 107 Å². The highest BCUT2D eigenvalue weighted by atomic mass is 16.5. The number of carbonyl (C=O) groups excluding carboxylic acids is 17. The molecule has 824 valence electrons. The molecule has 1 aromatic rings. The number of unbranched alkanes of at least 4 members (excludes halogenated alkanes) is 5. The number of amides is 17. The molecule has 0 radical (unpaired) electrons. The summed E-state index contributed by atoms with van der Waals surface area (Å²) in [6.07, 6.45) is 8.86. The minimum Gasteiger partial charge on any atom is -0.480 e. The summed E-state index contributed by atoms with van der Waals surface area (Å²) < 4.78 is 16.2. The van der Waals surface area contributed by atoms with Gasteiger partial charge in [-0.15, -0.1) is 0 Å². The van der Waals surface area contributed by atoms with Crippen molar-refractivity contribution in [2.45, 2.75) is 359 Å². The summed E-state index contributed by atoms with van der Waals surface area (Å²) in [5.74, 6) is -16.8. The van der Waals surface area contributed by atoms with Gasteiger partial charge in [0.1, 0.15) is 108 Å². The van der Waals surface area contributed by atoms with Crippen molar-refractivity contribution in [1.82, 2.24) is 90.4 Å². The zero-order chi connectivity index (χ0) is 109. The van der Waals surface area contributed by atoms with Crippen molar-refractivity contribution < 1.29 is 111 Å². The maximum Gasteiger partial charge on any atom is 0.326 e. The van der Waals surface area contributed by atoms with Crippen LogP contribution in [0.4, 0.5) is 0 Å². The second-order valence-corrected chi connectivity index (χ2v) is 39.2. The lowest BCUT2D eigenvalue weighted by Crippen LogP contribution is -2.65. The Morgan fingerprint density at radius 3 is 1.32 bits per heavy atom. The lowest BCUT2D eigenvalue weighted by molar-refractivity contribution is -0.142. The van der Waals surface area contributed by atoms with Gasteiger partial charge in [-0.2, -0.15) is 0 Å². The number of benzene rings is 1. The maximum absolute atomic E-state index is 14.8. The Labute approximate surface area is 854 Å². The van der Waals surface area contributed by atoms with Crippen LogP contribution < -0.4 is 125 Å². The van der Waals surface area contributed by atoms with Gasteiger partial charge in [-0.1, -0.05) is 97.9 Å². The lowest BCUT2D eigenvalue weighted by Gasteiger charge is -2.33. The van der Waals surface area contributed by atoms with Gasteiger partial charge >= 0.3 is 5.97 Å². The molecule has 0 aliphatic carbocycles. The topological polar surface area (TPSA) is 736 Å². The summed E-state index contributed by atoms with van der Waals surface area (Å²) in [5, 5.41) is 66.2. The van der Waals surface area contributed by atoms with E-state index in [1.807, 2.05) is 0 Å². The Hall–Kier alpha value is -11.0. The highest BCUT2D eigenvalue weighted by molar-refractivity contribution is 6.02. The molecule has 0 bridgehead atoms. The number of carbonyl (C=O) groups is 18. The molecule has 0 aromatic heterocycles. The van der Waals surface area contributed by atoms with Crippen LogP contribution in [0.25, 0.3) is 0 Å². The van der Waals surface area contributed by atoms with Gasteiger partial charge in [0.25, 0.3) is 0 Å². The van der Waals surface area contributed by atoms with Gasteiger partial charge in [-0.3, -0.25) is 81.5 Å². The van der Waals surface area contributed by atoms with Crippen molar-refractivity contribution in [2.24, 2.45) is 58.1 Å². The van der Waals surface area contributed by atoms with Crippen LogP contribution in [0.2, 0.25) is 0 Å². The zero-order valence-corrected chi connectivity index (χ0v) is 87.8. The Morgan fingerprint density at radius 1 is 0.414 bits per heavy atom. The van der Waals surface area contributed by atoms with E-state index in [1.165, 1.54) is 41.5 Å². The molecule has 0 saturated carbocycles. The molecule has 0 spiro atoms. The van der Waals surface area contributed by atoms with Gasteiger partial charge in [0.15, 0.2) is 0 Å². The monoisotopic (exact) mass is 2050 g/mol. The van der Waals surface area contributed by atoms with Gasteiger partial charge in [0.05, 0.1) is 39.6 Å². The van der Waals surface area contributed by atoms with Crippen LogP contribution >= 0.6 is 0 Å². The molecule has 46 nitrogen and oxygen atoms in total. The van der Waals surface area contributed by atoms with Crippen LogP contribution in [0.15, 0.2) is 42.5 Å². The second-order valence-electron chi connectivity index (χ2n) is 39.2. The fraction of sp³-hybridized carbons (Fsp3) is 0.737. The van der Waals surface area contributed by atoms with Crippen molar-refractivity contribution >= 4 is 106 Å². The van der Waals surface area contributed by atoms with Crippen molar-refractivity contribution in [1.29, 1.82) is 0 Å². The SMILES string of the molecule is CC(C)C[C@H](NC(=O)[C@H](C)NC(=O)[C@]1(C)CCC/C=C/CCC[C@](C)(NC(=O)[C@H](CO)NC(=O)[C@@H](NC(=O)[C@H](C)NC(=O)[C@H](Cc2ccccc2)NC(=O)[C@H](CCCCN)NC(=O)[C@H](C)NC(=O)[C@H](CC(C)C)NC(=O)[C@H](CCCCN)NC(=O)[C@H](CCCCN)NC(=O)COCCOCCOCCN)C(C)C)C(=O)N[C@@H](C)C(=O)N[C@@H](CC(C)C)C(=O)N[C@@H](CCCCN)C(=O)N1)C(=O)N[C@@H](CCCCN)C(=O)O. The molecule has 145 heavy (non-hydrogen) atoms. The molecule has 31 N–H and O–H groups in total. The number of aliphatic carboxylic acids is 1. The van der Waals surface area contributed by atoms with Gasteiger partial charge in [0, 0.05) is 13.0 Å². The summed E-state index contributed by atoms with van der Waals surface area (Å²) in [4.78, 5) is 256. The second kappa shape index (κ2) is 71.5. The number of hydrogen-bond acceptors (Lipinski definition) is 28. The fourth-order valence-corrected chi connectivity index (χ4v) is 15.6. The number of aliphatic hydroxyl groups excluding tert-OH is 1. The first-order valence-electron chi connectivity index (χ1n) is 51.3. The fourth-order valence-electron chi connectivity index (χ4n) is 15.6. The number of aliphatic hydroxyl groups is 1. The molecule has 1 aliphatic rings. The van der Waals surface area contributed by atoms with Gasteiger partial charge < -0.3 is 149 Å². The highest BCUT2D eigenvalue weighted by Gasteiger charge is 2.44. The van der Waals surface area contributed by atoms with Crippen LogP contribution in [0.3, 0.4) is 0 Å². The quantitative estimate of drug-likeness (QED) is 0.0242. The summed E-state index contributed by atoms with van der Waals surface area (Å²) in [7, 11) is 0. The molecule has 1 heterocycles. The van der Waals surface area contributed by atoms with E-state index in [1.54, 1.807) is 97.9 Å². The number of rotatable bonds is 66. The van der Waals surface area contributed by atoms with Crippen LogP contribution in [0, 0.1) is 23.7 Å². The van der Waals surface area contributed by atoms with Gasteiger partial charge in [0.2, 0.25) is 100 Å². The van der Waals surface area contributed by atoms with Crippen molar-refractivity contribution in [3.63, 3.8) is 0 Å². The summed E-state index contributed by atoms with van der Waals surface area (Å²) in [5.41, 5.74) is 31.3. The molecule has 0 fully saturated rings. The number of hydrogen-bond donors (Lipinski definition) is 25. The number of allylic oxidation sites excluding steroid dienone is 2. The molecule has 2 rings (SSSR count). The Morgan fingerprint density at radius 2 is 0.828 bits per heavy atom. The number of carboxylic acid groups (broad SMARTS) is 1. The van der Waals surface area contributed by atoms with Gasteiger partial charge in [-0.05, 0) is 258 Å². The summed E-state index contributed by atoms with van der Waals surface area (Å²) in [6, 6.07) is -11.9. The standard InChI is InChI=1S/C99H175N23O23/c1-60(2)54-74(117-87(131)71(38-24-31-45-102)112-85(129)69(36-22-29-43-100)110-79(124)59-145-53-52-144-51-50-143-49-48-105)88(132)106-64(9)81(125)111-70(37-23-30-44-101)86(130)118-77(57-68-34-20-19-21-35-68)89(133)107-65(10)84(128)120-80(63(7)8)94(138)119-78(58-123)93(137)122-99(14)42-28-18-16-15-17-27-41-98(13,96(141)108-67(12)83(127)116-76(56-62(5)6)91(135)114-73(95(139)140)40-26-33-47-104)121-92(136)72(39-25-32-46-103)113-90(134)75(55-61(3)4)115-82(126)66(11)109-97(99)142/h15-16,19-21,34-35,60-67,69-78,80,123H,17-18,22-33,36-59,100-105H2,1-14H3,(H,106,132)(H,107,133)(H,108,141)(H,109,142)(H,110,124)(H,111,125)(H,112,129)(H,113,134)(H,114,135)(H,115,126)(H,116,127)(H,117,131)(H,118,130)(H,119,138)(H,120,128)(H,121,136)(H,122,137)(H,139,140)/b16-15+/t64-,65-,66-,67-,69-,70-,71-,72-,73-,74-,75-,76-,77-,78-,80-,98-,99-/m0/s1. The van der Waals surface area contributed by atoms with E-state index in [0.717, 1.165) is 0 Å². The molecule has 0 unspecified atom stereocenters. The third-order valence-corrected chi connectivity index (χ3v) is 24.2. The van der Waals surface area contributed by atoms with E-state index in [0.29, 0.717) is 109 Å². The van der Waals surface area contributed by atoms with E-state index in [-0.39, 0.29) is 147 Å². The smallest absolute Gasteiger partial charge is 0.326 e. The summed E-state index contributed by atoms with van der Waals surface area (Å²) >= 11 is 0. The zero-order valence-electron chi connectivity index (χ0n) is 87.8. The number of carboxylic acids is 1. The van der Waals surface area contributed by atoms with Gasteiger partial charge in [-0.25, -0.2) is 4.79 Å². The van der Waals surface area contributed by atoms with Crippen molar-refractivity contribution in [3.05, 3.63) is 48.0 Å². The Bertz CT molecular complexity index is 4210. The third kappa shape index (κ3) is 51.8. The average molecular weight is 2060 g/mol. The van der Waals surface area contributed by atoms with E-state index < -0.39 is 227 Å². The van der Waals surface area contributed by atoms with Crippen LogP contribution in [0.1, 0.15) is 257 Å². The predicted molar refractivity (Wildman–Crippen MR) is 546 cm³/mol. The number of nitrogens with one attached hydrogen (secondary N) is 17. The molecular weight excluding hydrogens is 1880 g/mol. The molecule has 17 atom stereocenters. The molecule has 17 amide bonds. The average Bonchev–Trinajstić information content (AvgIpc) is 1.08. The molecule has 0 saturated heterocycles. The van der Waals surface area contributed by atoms with Crippen molar-refractivity contribution in [3.8, 4) is 0 Å². The summed E-state index contributed by atoms with van der Waals surface area (Å²) in [6.45, 7) is 23.6. The first-order valence-corrected chi connectivity index (χ1v) is 51.3. The van der Waals surface area contributed by atoms with E-state index in [4.69, 9.17) is 48.6 Å². The number of ether oxygens (including phenoxy) is 3. The minimum atomic E-state index is -1.93. The van der Waals surface area contributed by atoms with E-state index in [2.05, 4.69) is 90.4 Å². The number of nitrogens with two attached hydrogens (primary N) is 6. The van der Waals surface area contributed by atoms with Crippen molar-refractivity contribution in [2.75, 3.05) is 85.5 Å². The molecule has 1 aromatic carbocycles. The lowest BCUT2D eigenvalue weighted by atomic mass is 9.91. The normalized spacial score (nSPS) is 19.4.